The highest BCUT2D eigenvalue weighted by Gasteiger charge is 2.46. The van der Waals surface area contributed by atoms with E-state index in [1.807, 2.05) is 0 Å². The Morgan fingerprint density at radius 3 is 1.75 bits per heavy atom. The van der Waals surface area contributed by atoms with Gasteiger partial charge in [0.1, 0.15) is 0 Å². The molecule has 2 N–H and O–H groups in total. The SMILES string of the molecule is O=C(O)CC(C(=O)O)C(F)(F)F. The number of aliphatic carboxylic acids is 2. The van der Waals surface area contributed by atoms with Crippen molar-refractivity contribution in [2.24, 2.45) is 5.92 Å². The van der Waals surface area contributed by atoms with Crippen molar-refractivity contribution in [3.8, 4) is 0 Å². The Balaban J connectivity index is 4.46. The van der Waals surface area contributed by atoms with E-state index in [0.29, 0.717) is 0 Å². The highest BCUT2D eigenvalue weighted by Crippen LogP contribution is 2.28. The van der Waals surface area contributed by atoms with Crippen LogP contribution < -0.4 is 0 Å². The van der Waals surface area contributed by atoms with Gasteiger partial charge in [0.15, 0.2) is 5.92 Å². The summed E-state index contributed by atoms with van der Waals surface area (Å²) in [5.41, 5.74) is 0. The van der Waals surface area contributed by atoms with Crippen LogP contribution in [0.5, 0.6) is 0 Å². The molecule has 0 radical (unpaired) electrons. The molecule has 0 saturated carbocycles. The van der Waals surface area contributed by atoms with Crippen LogP contribution in [0.1, 0.15) is 6.42 Å². The van der Waals surface area contributed by atoms with Crippen LogP contribution in [-0.4, -0.2) is 28.3 Å². The molecule has 0 bridgehead atoms. The maximum absolute atomic E-state index is 11.7. The molecule has 0 amide bonds. The highest BCUT2D eigenvalue weighted by molar-refractivity contribution is 5.78. The fraction of sp³-hybridized carbons (Fsp3) is 0.600. The van der Waals surface area contributed by atoms with E-state index in [9.17, 15) is 22.8 Å². The third-order valence-corrected chi connectivity index (χ3v) is 1.07. The molecule has 0 aromatic rings. The zero-order chi connectivity index (χ0) is 9.94. The van der Waals surface area contributed by atoms with Crippen molar-refractivity contribution in [3.63, 3.8) is 0 Å². The van der Waals surface area contributed by atoms with Gasteiger partial charge in [-0.2, -0.15) is 13.2 Å². The predicted molar refractivity (Wildman–Crippen MR) is 29.4 cm³/mol. The van der Waals surface area contributed by atoms with Crippen LogP contribution in [0.3, 0.4) is 0 Å². The second kappa shape index (κ2) is 3.42. The predicted octanol–water partition coefficient (Wildman–Crippen LogP) is 0.724. The van der Waals surface area contributed by atoms with E-state index in [1.165, 1.54) is 0 Å². The third-order valence-electron chi connectivity index (χ3n) is 1.07. The molecule has 4 nitrogen and oxygen atoms in total. The lowest BCUT2D eigenvalue weighted by Crippen LogP contribution is -2.32. The summed E-state index contributed by atoms with van der Waals surface area (Å²) in [4.78, 5) is 19.7. The number of halogens is 3. The van der Waals surface area contributed by atoms with E-state index in [-0.39, 0.29) is 0 Å². The lowest BCUT2D eigenvalue weighted by atomic mass is 10.1. The molecule has 0 aliphatic heterocycles. The molecule has 12 heavy (non-hydrogen) atoms. The van der Waals surface area contributed by atoms with Crippen LogP contribution in [0.15, 0.2) is 0 Å². The summed E-state index contributed by atoms with van der Waals surface area (Å²) in [6, 6.07) is 0. The molecule has 0 aromatic heterocycles. The van der Waals surface area contributed by atoms with Gasteiger partial charge in [0.05, 0.1) is 6.42 Å². The van der Waals surface area contributed by atoms with Crippen LogP contribution in [0.4, 0.5) is 13.2 Å². The normalized spacial score (nSPS) is 13.9. The molecule has 1 unspecified atom stereocenters. The standard InChI is InChI=1S/C5H5F3O4/c6-5(7,8)2(4(11)12)1-3(9)10/h2H,1H2,(H,9,10)(H,11,12). The summed E-state index contributed by atoms with van der Waals surface area (Å²) in [5.74, 6) is -6.79. The van der Waals surface area contributed by atoms with Crippen LogP contribution in [-0.2, 0) is 9.59 Å². The first kappa shape index (κ1) is 10.7. The third kappa shape index (κ3) is 3.22. The van der Waals surface area contributed by atoms with Gasteiger partial charge < -0.3 is 10.2 Å². The number of alkyl halides is 3. The van der Waals surface area contributed by atoms with E-state index >= 15 is 0 Å². The number of hydrogen-bond donors (Lipinski definition) is 2. The molecular weight excluding hydrogens is 181 g/mol. The molecule has 0 fully saturated rings. The highest BCUT2D eigenvalue weighted by atomic mass is 19.4. The molecule has 70 valence electrons. The Morgan fingerprint density at radius 1 is 1.25 bits per heavy atom. The molecule has 0 heterocycles. The Bertz CT molecular complexity index is 197. The summed E-state index contributed by atoms with van der Waals surface area (Å²) in [6.07, 6.45) is -6.46. The maximum atomic E-state index is 11.7. The molecule has 7 heteroatoms. The van der Waals surface area contributed by atoms with Crippen molar-refractivity contribution in [2.45, 2.75) is 12.6 Å². The first-order chi connectivity index (χ1) is 5.25. The van der Waals surface area contributed by atoms with Gasteiger partial charge in [-0.05, 0) is 0 Å². The molecule has 0 aliphatic carbocycles. The summed E-state index contributed by atoms with van der Waals surface area (Å²) < 4.78 is 35.1. The van der Waals surface area contributed by atoms with Crippen LogP contribution in [0.25, 0.3) is 0 Å². The van der Waals surface area contributed by atoms with Crippen molar-refractivity contribution in [1.82, 2.24) is 0 Å². The number of rotatable bonds is 3. The fourth-order valence-corrected chi connectivity index (χ4v) is 0.518. The largest absolute Gasteiger partial charge is 0.481 e. The van der Waals surface area contributed by atoms with Crippen LogP contribution >= 0.6 is 0 Å². The summed E-state index contributed by atoms with van der Waals surface area (Å²) in [7, 11) is 0. The van der Waals surface area contributed by atoms with Gasteiger partial charge >= 0.3 is 18.1 Å². The van der Waals surface area contributed by atoms with Gasteiger partial charge in [-0.15, -0.1) is 0 Å². The molecular formula is C5H5F3O4. The zero-order valence-electron chi connectivity index (χ0n) is 5.63. The first-order valence-corrected chi connectivity index (χ1v) is 2.76. The molecule has 0 saturated heterocycles. The van der Waals surface area contributed by atoms with Crippen molar-refractivity contribution >= 4 is 11.9 Å². The molecule has 1 atom stereocenters. The number of carboxylic acids is 2. The lowest BCUT2D eigenvalue weighted by Gasteiger charge is -2.12. The first-order valence-electron chi connectivity index (χ1n) is 2.76. The molecule has 0 aromatic carbocycles. The second-order valence-corrected chi connectivity index (χ2v) is 2.03. The van der Waals surface area contributed by atoms with Crippen molar-refractivity contribution in [1.29, 1.82) is 0 Å². The zero-order valence-corrected chi connectivity index (χ0v) is 5.63. The topological polar surface area (TPSA) is 74.6 Å². The van der Waals surface area contributed by atoms with E-state index in [4.69, 9.17) is 10.2 Å². The smallest absolute Gasteiger partial charge is 0.402 e. The monoisotopic (exact) mass is 186 g/mol. The minimum Gasteiger partial charge on any atom is -0.481 e. The van der Waals surface area contributed by atoms with E-state index in [2.05, 4.69) is 0 Å². The van der Waals surface area contributed by atoms with Gasteiger partial charge in [-0.1, -0.05) is 0 Å². The van der Waals surface area contributed by atoms with Crippen LogP contribution in [0, 0.1) is 5.92 Å². The molecule has 0 spiro atoms. The Morgan fingerprint density at radius 2 is 1.67 bits per heavy atom. The number of carbonyl (C=O) groups is 2. The fourth-order valence-electron chi connectivity index (χ4n) is 0.518. The minimum absolute atomic E-state index is 1.45. The summed E-state index contributed by atoms with van der Waals surface area (Å²) >= 11 is 0. The van der Waals surface area contributed by atoms with Crippen molar-refractivity contribution in [3.05, 3.63) is 0 Å². The average Bonchev–Trinajstić information content (AvgIpc) is 1.79. The van der Waals surface area contributed by atoms with E-state index in [1.54, 1.807) is 0 Å². The average molecular weight is 186 g/mol. The second-order valence-electron chi connectivity index (χ2n) is 2.03. The lowest BCUT2D eigenvalue weighted by molar-refractivity contribution is -0.198. The summed E-state index contributed by atoms with van der Waals surface area (Å²) in [6.45, 7) is 0. The molecule has 0 rings (SSSR count). The number of hydrogen-bond acceptors (Lipinski definition) is 2. The van der Waals surface area contributed by atoms with E-state index in [0.717, 1.165) is 0 Å². The quantitative estimate of drug-likeness (QED) is 0.681. The number of carboxylic acid groups (broad SMARTS) is 2. The van der Waals surface area contributed by atoms with Crippen molar-refractivity contribution < 1.29 is 33.0 Å². The van der Waals surface area contributed by atoms with E-state index < -0.39 is 30.5 Å². The Labute approximate surface area is 64.6 Å². The van der Waals surface area contributed by atoms with Gasteiger partial charge in [-0.3, -0.25) is 9.59 Å². The van der Waals surface area contributed by atoms with Gasteiger partial charge in [0.25, 0.3) is 0 Å². The molecule has 0 aliphatic rings. The minimum atomic E-state index is -5.01. The van der Waals surface area contributed by atoms with Gasteiger partial charge in [0, 0.05) is 0 Å². The van der Waals surface area contributed by atoms with Gasteiger partial charge in [-0.25, -0.2) is 0 Å². The van der Waals surface area contributed by atoms with Gasteiger partial charge in [0.2, 0.25) is 0 Å². The maximum Gasteiger partial charge on any atom is 0.402 e. The summed E-state index contributed by atoms with van der Waals surface area (Å²) in [5, 5.41) is 15.9. The van der Waals surface area contributed by atoms with Crippen molar-refractivity contribution in [2.75, 3.05) is 0 Å². The Hall–Kier alpha value is -1.27. The van der Waals surface area contributed by atoms with Crippen LogP contribution in [0.2, 0.25) is 0 Å². The Kier molecular flexibility index (Phi) is 3.06.